The molecule has 151 valence electrons. The summed E-state index contributed by atoms with van der Waals surface area (Å²) >= 11 is 1.48. The van der Waals surface area contributed by atoms with E-state index >= 15 is 0 Å². The van der Waals surface area contributed by atoms with Gasteiger partial charge in [-0.15, -0.1) is 0 Å². The van der Waals surface area contributed by atoms with Crippen LogP contribution in [0.15, 0.2) is 97.9 Å². The maximum absolute atomic E-state index is 2.31. The number of halogens is 2. The molecule has 0 unspecified atom stereocenters. The molecule has 0 amide bonds. The van der Waals surface area contributed by atoms with Gasteiger partial charge in [0, 0.05) is 0 Å². The van der Waals surface area contributed by atoms with Gasteiger partial charge in [0.2, 0.25) is 0 Å². The Morgan fingerprint density at radius 2 is 1.30 bits per heavy atom. The number of hydrogen-bond acceptors (Lipinski definition) is 0. The molecule has 0 bridgehead atoms. The van der Waals surface area contributed by atoms with Crippen LogP contribution in [-0.2, 0) is 24.7 Å². The maximum Gasteiger partial charge on any atom is -1.00 e. The summed E-state index contributed by atoms with van der Waals surface area (Å²) in [6, 6.07) is 17.6. The van der Waals surface area contributed by atoms with Gasteiger partial charge in [0.1, 0.15) is 0 Å². The number of allylic oxidation sites excluding steroid dienone is 9. The molecule has 4 rings (SSSR count). The fourth-order valence-electron chi connectivity index (χ4n) is 4.34. The molecule has 0 spiro atoms. The molecule has 0 heterocycles. The molecule has 2 aliphatic carbocycles. The van der Waals surface area contributed by atoms with Gasteiger partial charge in [-0.2, -0.15) is 0 Å². The minimum atomic E-state index is 0. The van der Waals surface area contributed by atoms with Crippen LogP contribution in [0.4, 0.5) is 0 Å². The number of hydrogen-bond donors (Lipinski definition) is 0. The summed E-state index contributed by atoms with van der Waals surface area (Å²) in [4.78, 5) is 0. The van der Waals surface area contributed by atoms with Crippen molar-refractivity contribution in [2.45, 2.75) is 34.1 Å². The summed E-state index contributed by atoms with van der Waals surface area (Å²) in [6.45, 7) is 9.06. The van der Waals surface area contributed by atoms with Gasteiger partial charge in [0.05, 0.1) is 0 Å². The molecule has 0 N–H and O–H groups in total. The van der Waals surface area contributed by atoms with Crippen LogP contribution in [0.3, 0.4) is 0 Å². The van der Waals surface area contributed by atoms with Crippen LogP contribution in [0.25, 0.3) is 5.57 Å². The van der Waals surface area contributed by atoms with E-state index in [4.69, 9.17) is 0 Å². The van der Waals surface area contributed by atoms with Crippen molar-refractivity contribution < 1.29 is 49.5 Å². The van der Waals surface area contributed by atoms with Gasteiger partial charge in [-0.25, -0.2) is 0 Å². The average molecular weight is 512 g/mol. The zero-order valence-corrected chi connectivity index (χ0v) is 21.8. The van der Waals surface area contributed by atoms with Crippen molar-refractivity contribution in [3.05, 3.63) is 120 Å². The first-order chi connectivity index (χ1) is 13.5. The van der Waals surface area contributed by atoms with Crippen LogP contribution in [0.2, 0.25) is 0 Å². The van der Waals surface area contributed by atoms with Crippen LogP contribution in [0, 0.1) is 13.8 Å². The van der Waals surface area contributed by atoms with E-state index in [0.29, 0.717) is 0 Å². The van der Waals surface area contributed by atoms with E-state index in [1.807, 2.05) is 0 Å². The Kier molecular flexibility index (Phi) is 8.52. The third-order valence-corrected chi connectivity index (χ3v) is 7.21. The van der Waals surface area contributed by atoms with E-state index in [1.165, 1.54) is 83.7 Å². The van der Waals surface area contributed by atoms with E-state index in [0.717, 1.165) is 6.42 Å². The normalized spacial score (nSPS) is 15.3. The molecule has 0 aromatic heterocycles. The molecule has 0 atom stereocenters. The Hall–Kier alpha value is -1.40. The van der Waals surface area contributed by atoms with Crippen LogP contribution in [0.5, 0.6) is 0 Å². The summed E-state index contributed by atoms with van der Waals surface area (Å²) < 4.78 is 1.50. The van der Waals surface area contributed by atoms with Crippen molar-refractivity contribution in [1.82, 2.24) is 0 Å². The van der Waals surface area contributed by atoms with E-state index < -0.39 is 0 Å². The van der Waals surface area contributed by atoms with Crippen molar-refractivity contribution >= 4 is 5.57 Å². The molecule has 0 saturated carbocycles. The second kappa shape index (κ2) is 10.3. The average Bonchev–Trinajstić information content (AvgIpc) is 3.27. The summed E-state index contributed by atoms with van der Waals surface area (Å²) in [6.07, 6.45) is 7.80. The first-order valence-electron chi connectivity index (χ1n) is 9.87. The van der Waals surface area contributed by atoms with Crippen molar-refractivity contribution in [1.29, 1.82) is 0 Å². The Labute approximate surface area is 208 Å². The van der Waals surface area contributed by atoms with Crippen LogP contribution >= 0.6 is 0 Å². The van der Waals surface area contributed by atoms with Gasteiger partial charge >= 0.3 is 185 Å². The minimum absolute atomic E-state index is 0. The molecular formula is C27H25Cl2Zr. The molecular weight excluding hydrogens is 486 g/mol. The van der Waals surface area contributed by atoms with Crippen LogP contribution < -0.4 is 24.8 Å². The quantitative estimate of drug-likeness (QED) is 0.580. The van der Waals surface area contributed by atoms with Crippen LogP contribution in [0.1, 0.15) is 42.5 Å². The topological polar surface area (TPSA) is 0 Å². The molecule has 0 fully saturated rings. The van der Waals surface area contributed by atoms with E-state index in [-0.39, 0.29) is 24.8 Å². The first-order valence-corrected chi connectivity index (χ1v) is 11.1. The van der Waals surface area contributed by atoms with E-state index in [1.54, 1.807) is 0 Å². The van der Waals surface area contributed by atoms with Crippen molar-refractivity contribution in [3.8, 4) is 0 Å². The molecule has 3 heteroatoms. The summed E-state index contributed by atoms with van der Waals surface area (Å²) in [5.74, 6) is 0. The second-order valence-electron chi connectivity index (χ2n) is 7.70. The Morgan fingerprint density at radius 3 is 1.77 bits per heavy atom. The third-order valence-electron chi connectivity index (χ3n) is 5.98. The van der Waals surface area contributed by atoms with Gasteiger partial charge in [-0.05, 0) is 0 Å². The monoisotopic (exact) mass is 509 g/mol. The van der Waals surface area contributed by atoms with Gasteiger partial charge in [0.15, 0.2) is 0 Å². The molecule has 0 saturated heterocycles. The minimum Gasteiger partial charge on any atom is -1.00 e. The van der Waals surface area contributed by atoms with Crippen molar-refractivity contribution in [2.75, 3.05) is 0 Å². The molecule has 30 heavy (non-hydrogen) atoms. The van der Waals surface area contributed by atoms with Crippen LogP contribution in [-0.4, -0.2) is 0 Å². The number of rotatable bonds is 3. The summed E-state index contributed by atoms with van der Waals surface area (Å²) in [5, 5.41) is 0. The van der Waals surface area contributed by atoms with Crippen molar-refractivity contribution in [3.63, 3.8) is 0 Å². The van der Waals surface area contributed by atoms with E-state index in [2.05, 4.69) is 94.5 Å². The smallest absolute Gasteiger partial charge is 1.00 e. The maximum atomic E-state index is 2.31. The molecule has 2 aromatic carbocycles. The zero-order valence-electron chi connectivity index (χ0n) is 17.8. The first kappa shape index (κ1) is 24.9. The Balaban J connectivity index is 0.00000160. The molecule has 0 nitrogen and oxygen atoms in total. The number of benzene rings is 2. The summed E-state index contributed by atoms with van der Waals surface area (Å²) in [5.41, 5.74) is 14.0. The fourth-order valence-corrected chi connectivity index (χ4v) is 5.97. The van der Waals surface area contributed by atoms with Gasteiger partial charge in [0.25, 0.3) is 0 Å². The Morgan fingerprint density at radius 1 is 0.767 bits per heavy atom. The molecule has 2 aliphatic rings. The van der Waals surface area contributed by atoms with Gasteiger partial charge in [-0.3, -0.25) is 0 Å². The molecule has 2 aromatic rings. The summed E-state index contributed by atoms with van der Waals surface area (Å²) in [7, 11) is 0. The standard InChI is InChI=1S/C27H25.2ClH.Zr/c1-18-11-5-9-15-23(18)27(24-16-10-6-12-19(24)2)26-17-25(20(3)21(26)4)22-13-7-8-14-22;;;/h5-13,15-16H,14H2,1-4H3;2*1H;/q;;;+2/p-2. The van der Waals surface area contributed by atoms with Gasteiger partial charge < -0.3 is 24.8 Å². The van der Waals surface area contributed by atoms with E-state index in [9.17, 15) is 0 Å². The predicted molar refractivity (Wildman–Crippen MR) is 116 cm³/mol. The van der Waals surface area contributed by atoms with Gasteiger partial charge in [-0.1, -0.05) is 0 Å². The zero-order chi connectivity index (χ0) is 19.8. The molecule has 0 aliphatic heterocycles. The number of aryl methyl sites for hydroxylation is 2. The largest absolute Gasteiger partial charge is 1.00 e. The van der Waals surface area contributed by atoms with Crippen molar-refractivity contribution in [2.24, 2.45) is 0 Å². The predicted octanol–water partition coefficient (Wildman–Crippen LogP) is 1.15. The molecule has 0 radical (unpaired) electrons. The fraction of sp³-hybridized carbons (Fsp3) is 0.185. The third kappa shape index (κ3) is 4.31. The second-order valence-corrected chi connectivity index (χ2v) is 8.93. The SMILES string of the molecule is CC1=C(C)C(=C(c2ccccc2C)c2ccccc2C)[C]([Zr+2])=C1C1=CC=CC1.[Cl-].[Cl-]. The Bertz CT molecular complexity index is 1080.